The number of thiazole rings is 1. The van der Waals surface area contributed by atoms with Crippen LogP contribution in [0.3, 0.4) is 0 Å². The predicted octanol–water partition coefficient (Wildman–Crippen LogP) is 4.90. The average molecular weight is 490 g/mol. The summed E-state index contributed by atoms with van der Waals surface area (Å²) in [6.45, 7) is 5.76. The van der Waals surface area contributed by atoms with Gasteiger partial charge in [0.05, 0.1) is 15.5 Å². The molecule has 0 saturated carbocycles. The Morgan fingerprint density at radius 1 is 1.03 bits per heavy atom. The number of carbonyl (C=O) groups excluding carboxylic acids is 1. The second-order valence-corrected chi connectivity index (χ2v) is 11.4. The van der Waals surface area contributed by atoms with Crippen molar-refractivity contribution in [3.05, 3.63) is 58.6 Å². The number of benzene rings is 2. The molecule has 9 heteroatoms. The quantitative estimate of drug-likeness (QED) is 0.564. The van der Waals surface area contributed by atoms with E-state index in [1.807, 2.05) is 17.0 Å². The molecule has 0 bridgehead atoms. The monoisotopic (exact) mass is 489 g/mol. The summed E-state index contributed by atoms with van der Waals surface area (Å²) < 4.78 is 23.3. The van der Waals surface area contributed by atoms with Crippen molar-refractivity contribution in [1.82, 2.24) is 9.88 Å². The summed E-state index contributed by atoms with van der Waals surface area (Å²) in [6, 6.07) is 13.6. The molecular weight excluding hydrogens is 466 g/mol. The standard InChI is InChI=1S/C23H24ClN3O3S2/c1-14-11-15(2)13-27(12-14)23(28)22-26-20(16-3-7-18(24)8-4-16)21(31-22)17-5-9-19(10-6-17)32(25,29)30/h3-10,14-15H,11-13H2,1-2H3,(H2,25,29,30). The molecule has 4 rings (SSSR count). The Bertz CT molecular complexity index is 1230. The molecule has 0 spiro atoms. The van der Waals surface area contributed by atoms with Crippen molar-refractivity contribution in [2.45, 2.75) is 25.2 Å². The van der Waals surface area contributed by atoms with Crippen molar-refractivity contribution in [2.75, 3.05) is 13.1 Å². The lowest BCUT2D eigenvalue weighted by molar-refractivity contribution is 0.0623. The van der Waals surface area contributed by atoms with Gasteiger partial charge < -0.3 is 4.90 Å². The molecule has 1 saturated heterocycles. The fourth-order valence-corrected chi connectivity index (χ4v) is 5.87. The van der Waals surface area contributed by atoms with Gasteiger partial charge in [-0.3, -0.25) is 4.79 Å². The largest absolute Gasteiger partial charge is 0.336 e. The number of primary sulfonamides is 1. The molecule has 0 aliphatic carbocycles. The second-order valence-electron chi connectivity index (χ2n) is 8.43. The summed E-state index contributed by atoms with van der Waals surface area (Å²) in [5, 5.41) is 6.25. The summed E-state index contributed by atoms with van der Waals surface area (Å²) in [7, 11) is -3.79. The van der Waals surface area contributed by atoms with Gasteiger partial charge in [0.1, 0.15) is 0 Å². The minimum Gasteiger partial charge on any atom is -0.336 e. The summed E-state index contributed by atoms with van der Waals surface area (Å²) in [5.41, 5.74) is 2.26. The number of halogens is 1. The molecule has 32 heavy (non-hydrogen) atoms. The smallest absolute Gasteiger partial charge is 0.282 e. The molecule has 2 atom stereocenters. The third kappa shape index (κ3) is 4.88. The molecule has 2 heterocycles. The number of carbonyl (C=O) groups is 1. The van der Waals surface area contributed by atoms with E-state index in [1.165, 1.54) is 23.5 Å². The van der Waals surface area contributed by atoms with Gasteiger partial charge in [-0.1, -0.05) is 49.7 Å². The highest BCUT2D eigenvalue weighted by molar-refractivity contribution is 7.89. The topological polar surface area (TPSA) is 93.4 Å². The van der Waals surface area contributed by atoms with Crippen molar-refractivity contribution in [2.24, 2.45) is 17.0 Å². The zero-order valence-electron chi connectivity index (χ0n) is 17.8. The molecule has 0 radical (unpaired) electrons. The maximum absolute atomic E-state index is 13.3. The minimum absolute atomic E-state index is 0.0337. The summed E-state index contributed by atoms with van der Waals surface area (Å²) in [6.07, 6.45) is 1.11. The van der Waals surface area contributed by atoms with Crippen LogP contribution in [0.5, 0.6) is 0 Å². The van der Waals surface area contributed by atoms with Crippen LogP contribution in [0.25, 0.3) is 21.7 Å². The van der Waals surface area contributed by atoms with E-state index < -0.39 is 10.0 Å². The highest BCUT2D eigenvalue weighted by Crippen LogP contribution is 2.38. The predicted molar refractivity (Wildman–Crippen MR) is 128 cm³/mol. The van der Waals surface area contributed by atoms with Crippen LogP contribution in [0.15, 0.2) is 53.4 Å². The van der Waals surface area contributed by atoms with Crippen LogP contribution in [-0.4, -0.2) is 37.3 Å². The second kappa shape index (κ2) is 8.94. The lowest BCUT2D eigenvalue weighted by Gasteiger charge is -2.34. The molecule has 1 amide bonds. The fourth-order valence-electron chi connectivity index (χ4n) is 4.17. The normalized spacial score (nSPS) is 19.2. The van der Waals surface area contributed by atoms with Crippen molar-refractivity contribution < 1.29 is 13.2 Å². The lowest BCUT2D eigenvalue weighted by Crippen LogP contribution is -2.42. The SMILES string of the molecule is CC1CC(C)CN(C(=O)c2nc(-c3ccc(Cl)cc3)c(-c3ccc(S(N)(=O)=O)cc3)s2)C1. The highest BCUT2D eigenvalue weighted by atomic mass is 35.5. The average Bonchev–Trinajstić information content (AvgIpc) is 3.18. The molecule has 6 nitrogen and oxygen atoms in total. The zero-order chi connectivity index (χ0) is 23.0. The van der Waals surface area contributed by atoms with Gasteiger partial charge >= 0.3 is 0 Å². The van der Waals surface area contributed by atoms with Crippen LogP contribution >= 0.6 is 22.9 Å². The lowest BCUT2D eigenvalue weighted by atomic mass is 9.92. The van der Waals surface area contributed by atoms with Crippen LogP contribution in [0.4, 0.5) is 0 Å². The maximum atomic E-state index is 13.3. The van der Waals surface area contributed by atoms with E-state index in [2.05, 4.69) is 13.8 Å². The number of aromatic nitrogens is 1. The Labute approximate surface area is 197 Å². The van der Waals surface area contributed by atoms with Crippen LogP contribution in [-0.2, 0) is 10.0 Å². The molecule has 2 N–H and O–H groups in total. The van der Waals surface area contributed by atoms with Gasteiger partial charge in [0.2, 0.25) is 10.0 Å². The summed E-state index contributed by atoms with van der Waals surface area (Å²) in [4.78, 5) is 20.7. The summed E-state index contributed by atoms with van der Waals surface area (Å²) in [5.74, 6) is 0.822. The van der Waals surface area contributed by atoms with Gasteiger partial charge in [-0.25, -0.2) is 18.5 Å². The van der Waals surface area contributed by atoms with Gasteiger partial charge in [-0.05, 0) is 48.1 Å². The number of nitrogens with zero attached hydrogens (tertiary/aromatic N) is 2. The Hall–Kier alpha value is -2.26. The third-order valence-electron chi connectivity index (χ3n) is 5.53. The van der Waals surface area contributed by atoms with Gasteiger partial charge in [-0.15, -0.1) is 11.3 Å². The number of amides is 1. The number of sulfonamides is 1. The molecular formula is C23H24ClN3O3S2. The first-order chi connectivity index (χ1) is 15.1. The molecule has 1 aromatic heterocycles. The molecule has 2 unspecified atom stereocenters. The number of hydrogen-bond donors (Lipinski definition) is 1. The van der Waals surface area contributed by atoms with E-state index >= 15 is 0 Å². The fraction of sp³-hybridized carbons (Fsp3) is 0.304. The molecule has 168 valence electrons. The first-order valence-electron chi connectivity index (χ1n) is 10.3. The number of rotatable bonds is 4. The van der Waals surface area contributed by atoms with E-state index in [-0.39, 0.29) is 10.8 Å². The van der Waals surface area contributed by atoms with E-state index in [0.29, 0.717) is 27.6 Å². The Morgan fingerprint density at radius 2 is 1.59 bits per heavy atom. The molecule has 1 aliphatic heterocycles. The first kappa shape index (κ1) is 22.9. The molecule has 1 fully saturated rings. The molecule has 1 aliphatic rings. The Balaban J connectivity index is 1.77. The van der Waals surface area contributed by atoms with E-state index in [9.17, 15) is 13.2 Å². The highest BCUT2D eigenvalue weighted by Gasteiger charge is 2.29. The van der Waals surface area contributed by atoms with Gasteiger partial charge in [-0.2, -0.15) is 0 Å². The van der Waals surface area contributed by atoms with Crippen LogP contribution in [0, 0.1) is 11.8 Å². The van der Waals surface area contributed by atoms with Crippen molar-refractivity contribution in [3.8, 4) is 21.7 Å². The third-order valence-corrected chi connectivity index (χ3v) is 7.80. The molecule has 3 aromatic rings. The van der Waals surface area contributed by atoms with Crippen LogP contribution < -0.4 is 5.14 Å². The van der Waals surface area contributed by atoms with Crippen molar-refractivity contribution in [1.29, 1.82) is 0 Å². The van der Waals surface area contributed by atoms with E-state index in [0.717, 1.165) is 35.5 Å². The zero-order valence-corrected chi connectivity index (χ0v) is 20.2. The Morgan fingerprint density at radius 3 is 2.16 bits per heavy atom. The van der Waals surface area contributed by atoms with E-state index in [1.54, 1.807) is 24.3 Å². The van der Waals surface area contributed by atoms with Gasteiger partial charge in [0, 0.05) is 23.7 Å². The summed E-state index contributed by atoms with van der Waals surface area (Å²) >= 11 is 7.37. The number of piperidine rings is 1. The van der Waals surface area contributed by atoms with Crippen molar-refractivity contribution >= 4 is 38.9 Å². The number of hydrogen-bond acceptors (Lipinski definition) is 5. The van der Waals surface area contributed by atoms with Crippen LogP contribution in [0.2, 0.25) is 5.02 Å². The number of likely N-dealkylation sites (tertiary alicyclic amines) is 1. The molecule has 2 aromatic carbocycles. The van der Waals surface area contributed by atoms with Gasteiger partial charge in [0.25, 0.3) is 5.91 Å². The first-order valence-corrected chi connectivity index (χ1v) is 13.0. The van der Waals surface area contributed by atoms with Crippen LogP contribution in [0.1, 0.15) is 30.1 Å². The Kier molecular flexibility index (Phi) is 6.40. The number of nitrogens with two attached hydrogens (primary N) is 1. The van der Waals surface area contributed by atoms with E-state index in [4.69, 9.17) is 21.7 Å². The maximum Gasteiger partial charge on any atom is 0.282 e. The van der Waals surface area contributed by atoms with Crippen molar-refractivity contribution in [3.63, 3.8) is 0 Å². The minimum atomic E-state index is -3.79. The van der Waals surface area contributed by atoms with Gasteiger partial charge in [0.15, 0.2) is 5.01 Å².